The zero-order chi connectivity index (χ0) is 17.8. The fourth-order valence-electron chi connectivity index (χ4n) is 3.41. The first-order valence-corrected chi connectivity index (χ1v) is 9.74. The predicted molar refractivity (Wildman–Crippen MR) is 100 cm³/mol. The number of hydrogen-bond acceptors (Lipinski definition) is 5. The molecule has 1 aliphatic heterocycles. The number of nitriles is 1. The summed E-state index contributed by atoms with van der Waals surface area (Å²) >= 11 is 1.37. The van der Waals surface area contributed by atoms with E-state index in [9.17, 15) is 10.1 Å². The molecular weight excluding hydrogens is 332 g/mol. The average Bonchev–Trinajstić information content (AvgIpc) is 2.61. The third-order valence-electron chi connectivity index (χ3n) is 4.61. The SMILES string of the molecule is CSc1nc(-c2ccccc2CN2CCCC(C)C2)c(C#N)c(=O)[nH]1. The number of aromatic nitrogens is 2. The third kappa shape index (κ3) is 3.94. The smallest absolute Gasteiger partial charge is 0.270 e. The monoisotopic (exact) mass is 354 g/mol. The number of piperidine rings is 1. The van der Waals surface area contributed by atoms with Gasteiger partial charge in [0.05, 0.1) is 5.69 Å². The van der Waals surface area contributed by atoms with Crippen LogP contribution in [-0.4, -0.2) is 34.2 Å². The lowest BCUT2D eigenvalue weighted by molar-refractivity contribution is 0.177. The van der Waals surface area contributed by atoms with Crippen LogP contribution < -0.4 is 5.56 Å². The number of thioether (sulfide) groups is 1. The van der Waals surface area contributed by atoms with Gasteiger partial charge >= 0.3 is 0 Å². The highest BCUT2D eigenvalue weighted by Crippen LogP contribution is 2.27. The molecule has 2 aromatic rings. The van der Waals surface area contributed by atoms with E-state index in [0.29, 0.717) is 16.8 Å². The van der Waals surface area contributed by atoms with Crippen LogP contribution in [0, 0.1) is 17.2 Å². The van der Waals surface area contributed by atoms with Crippen molar-refractivity contribution in [2.45, 2.75) is 31.5 Å². The summed E-state index contributed by atoms with van der Waals surface area (Å²) in [5.74, 6) is 0.705. The zero-order valence-corrected chi connectivity index (χ0v) is 15.4. The Morgan fingerprint density at radius 2 is 2.24 bits per heavy atom. The number of aromatic amines is 1. The van der Waals surface area contributed by atoms with Gasteiger partial charge in [0, 0.05) is 18.7 Å². The van der Waals surface area contributed by atoms with E-state index in [1.54, 1.807) is 0 Å². The second kappa shape index (κ2) is 7.85. The van der Waals surface area contributed by atoms with E-state index in [2.05, 4.69) is 27.9 Å². The molecule has 0 spiro atoms. The van der Waals surface area contributed by atoms with Crippen LogP contribution in [0.5, 0.6) is 0 Å². The number of rotatable bonds is 4. The molecule has 1 aromatic carbocycles. The molecule has 0 amide bonds. The fraction of sp³-hybridized carbons (Fsp3) is 0.421. The summed E-state index contributed by atoms with van der Waals surface area (Å²) in [6.45, 7) is 5.27. The fourth-order valence-corrected chi connectivity index (χ4v) is 3.79. The van der Waals surface area contributed by atoms with Gasteiger partial charge in [0.1, 0.15) is 11.6 Å². The van der Waals surface area contributed by atoms with Crippen molar-refractivity contribution in [3.05, 3.63) is 45.7 Å². The second-order valence-electron chi connectivity index (χ2n) is 6.55. The zero-order valence-electron chi connectivity index (χ0n) is 14.6. The summed E-state index contributed by atoms with van der Waals surface area (Å²) in [5.41, 5.74) is 2.17. The molecule has 2 heterocycles. The quantitative estimate of drug-likeness (QED) is 0.674. The van der Waals surface area contributed by atoms with Gasteiger partial charge in [-0.3, -0.25) is 9.69 Å². The summed E-state index contributed by atoms with van der Waals surface area (Å²) in [5, 5.41) is 9.97. The average molecular weight is 354 g/mol. The molecule has 25 heavy (non-hydrogen) atoms. The lowest BCUT2D eigenvalue weighted by atomic mass is 9.97. The maximum atomic E-state index is 12.2. The molecule has 1 aliphatic rings. The topological polar surface area (TPSA) is 72.8 Å². The molecule has 0 bridgehead atoms. The van der Waals surface area contributed by atoms with Gasteiger partial charge in [0.25, 0.3) is 5.56 Å². The van der Waals surface area contributed by atoms with Crippen LogP contribution in [-0.2, 0) is 6.54 Å². The Morgan fingerprint density at radius 1 is 1.44 bits per heavy atom. The molecule has 6 heteroatoms. The van der Waals surface area contributed by atoms with Crippen LogP contribution in [0.25, 0.3) is 11.3 Å². The number of likely N-dealkylation sites (tertiary alicyclic amines) is 1. The Kier molecular flexibility index (Phi) is 5.57. The molecule has 1 saturated heterocycles. The van der Waals surface area contributed by atoms with Gasteiger partial charge in [0.15, 0.2) is 5.16 Å². The molecule has 0 aliphatic carbocycles. The van der Waals surface area contributed by atoms with E-state index < -0.39 is 0 Å². The molecule has 5 nitrogen and oxygen atoms in total. The number of benzene rings is 1. The van der Waals surface area contributed by atoms with Crippen LogP contribution >= 0.6 is 11.8 Å². The molecule has 1 aromatic heterocycles. The van der Waals surface area contributed by atoms with E-state index in [1.807, 2.05) is 30.5 Å². The van der Waals surface area contributed by atoms with Crippen LogP contribution in [0.3, 0.4) is 0 Å². The van der Waals surface area contributed by atoms with Crippen LogP contribution in [0.1, 0.15) is 30.9 Å². The van der Waals surface area contributed by atoms with Crippen molar-refractivity contribution >= 4 is 11.8 Å². The van der Waals surface area contributed by atoms with Crippen molar-refractivity contribution in [2.24, 2.45) is 5.92 Å². The number of nitrogens with zero attached hydrogens (tertiary/aromatic N) is 3. The minimum atomic E-state index is -0.377. The van der Waals surface area contributed by atoms with Crippen molar-refractivity contribution in [3.8, 4) is 17.3 Å². The molecule has 1 N–H and O–H groups in total. The Hall–Kier alpha value is -2.10. The van der Waals surface area contributed by atoms with Crippen molar-refractivity contribution in [1.82, 2.24) is 14.9 Å². The predicted octanol–water partition coefficient (Wildman–Crippen LogP) is 3.26. The highest BCUT2D eigenvalue weighted by atomic mass is 32.2. The van der Waals surface area contributed by atoms with Crippen molar-refractivity contribution in [1.29, 1.82) is 5.26 Å². The van der Waals surface area contributed by atoms with Gasteiger partial charge in [-0.05, 0) is 37.1 Å². The molecule has 130 valence electrons. The minimum Gasteiger partial charge on any atom is -0.300 e. The Balaban J connectivity index is 2.03. The Morgan fingerprint density at radius 3 is 2.96 bits per heavy atom. The molecule has 1 fully saturated rings. The van der Waals surface area contributed by atoms with Gasteiger partial charge in [-0.2, -0.15) is 5.26 Å². The summed E-state index contributed by atoms with van der Waals surface area (Å²) in [6.07, 6.45) is 4.35. The van der Waals surface area contributed by atoms with Crippen molar-refractivity contribution < 1.29 is 0 Å². The molecule has 0 radical (unpaired) electrons. The van der Waals surface area contributed by atoms with Gasteiger partial charge in [-0.15, -0.1) is 0 Å². The second-order valence-corrected chi connectivity index (χ2v) is 7.35. The van der Waals surface area contributed by atoms with Gasteiger partial charge in [-0.25, -0.2) is 4.98 Å². The summed E-state index contributed by atoms with van der Waals surface area (Å²) < 4.78 is 0. The van der Waals surface area contributed by atoms with Gasteiger partial charge in [0.2, 0.25) is 0 Å². The largest absolute Gasteiger partial charge is 0.300 e. The van der Waals surface area contributed by atoms with Crippen LogP contribution in [0.15, 0.2) is 34.2 Å². The highest BCUT2D eigenvalue weighted by Gasteiger charge is 2.20. The molecular formula is C19H22N4OS. The standard InChI is InChI=1S/C19H22N4OS/c1-13-6-5-9-23(11-13)12-14-7-3-4-8-15(14)17-16(10-20)18(24)22-19(21-17)25-2/h3-4,7-8,13H,5-6,9,11-12H2,1-2H3,(H,21,22,24). The maximum absolute atomic E-state index is 12.2. The highest BCUT2D eigenvalue weighted by molar-refractivity contribution is 7.98. The number of nitrogens with one attached hydrogen (secondary N) is 1. The minimum absolute atomic E-state index is 0.0808. The molecule has 1 unspecified atom stereocenters. The normalized spacial score (nSPS) is 18.0. The summed E-state index contributed by atoms with van der Waals surface area (Å²) in [6, 6.07) is 9.98. The van der Waals surface area contributed by atoms with E-state index in [1.165, 1.54) is 24.6 Å². The lowest BCUT2D eigenvalue weighted by Crippen LogP contribution is -2.33. The van der Waals surface area contributed by atoms with Crippen molar-refractivity contribution in [3.63, 3.8) is 0 Å². The summed E-state index contributed by atoms with van der Waals surface area (Å²) in [4.78, 5) is 21.9. The third-order valence-corrected chi connectivity index (χ3v) is 5.19. The van der Waals surface area contributed by atoms with Gasteiger partial charge in [-0.1, -0.05) is 43.0 Å². The van der Waals surface area contributed by atoms with Crippen LogP contribution in [0.2, 0.25) is 0 Å². The summed E-state index contributed by atoms with van der Waals surface area (Å²) in [7, 11) is 0. The first kappa shape index (κ1) is 17.7. The van der Waals surface area contributed by atoms with Crippen molar-refractivity contribution in [2.75, 3.05) is 19.3 Å². The molecule has 1 atom stereocenters. The maximum Gasteiger partial charge on any atom is 0.270 e. The molecule has 3 rings (SSSR count). The number of H-pyrrole nitrogens is 1. The molecule has 0 saturated carbocycles. The Bertz CT molecular complexity index is 855. The van der Waals surface area contributed by atoms with E-state index >= 15 is 0 Å². The van der Waals surface area contributed by atoms with E-state index in [4.69, 9.17) is 0 Å². The van der Waals surface area contributed by atoms with E-state index in [-0.39, 0.29) is 11.1 Å². The van der Waals surface area contributed by atoms with Crippen LogP contribution in [0.4, 0.5) is 0 Å². The van der Waals surface area contributed by atoms with E-state index in [0.717, 1.165) is 30.8 Å². The van der Waals surface area contributed by atoms with Gasteiger partial charge < -0.3 is 4.98 Å². The first-order valence-electron chi connectivity index (χ1n) is 8.51. The lowest BCUT2D eigenvalue weighted by Gasteiger charge is -2.31. The number of hydrogen-bond donors (Lipinski definition) is 1. The Labute approximate surface area is 152 Å². The first-order chi connectivity index (χ1) is 12.1.